The summed E-state index contributed by atoms with van der Waals surface area (Å²) in [4.78, 5) is 14.6. The number of sulfone groups is 1. The minimum Gasteiger partial charge on any atom is -0.497 e. The number of benzene rings is 2. The molecule has 3 rings (SSSR count). The Morgan fingerprint density at radius 1 is 1.12 bits per heavy atom. The molecule has 0 saturated carbocycles. The van der Waals surface area contributed by atoms with Crippen LogP contribution in [0.25, 0.3) is 0 Å². The van der Waals surface area contributed by atoms with E-state index in [1.54, 1.807) is 30.2 Å². The maximum absolute atomic E-state index is 13.0. The van der Waals surface area contributed by atoms with Gasteiger partial charge in [0, 0.05) is 11.1 Å². The van der Waals surface area contributed by atoms with E-state index in [2.05, 4.69) is 0 Å². The Labute approximate surface area is 153 Å². The first-order valence-corrected chi connectivity index (χ1v) is 10.0. The third-order valence-electron chi connectivity index (χ3n) is 4.34. The predicted octanol–water partition coefficient (Wildman–Crippen LogP) is 2.89. The lowest BCUT2D eigenvalue weighted by Gasteiger charge is -2.28. The molecular formula is C20H21NO4S. The molecule has 1 aliphatic heterocycles. The van der Waals surface area contributed by atoms with Gasteiger partial charge in [-0.25, -0.2) is 8.42 Å². The molecule has 2 aromatic carbocycles. The van der Waals surface area contributed by atoms with E-state index in [0.29, 0.717) is 5.69 Å². The highest BCUT2D eigenvalue weighted by atomic mass is 32.2. The van der Waals surface area contributed by atoms with Gasteiger partial charge < -0.3 is 9.64 Å². The van der Waals surface area contributed by atoms with Crippen LogP contribution in [0, 0.1) is 6.92 Å². The maximum atomic E-state index is 13.0. The fraction of sp³-hybridized carbons (Fsp3) is 0.250. The second-order valence-corrected chi connectivity index (χ2v) is 8.28. The Hall–Kier alpha value is -2.60. The van der Waals surface area contributed by atoms with Crippen molar-refractivity contribution in [1.29, 1.82) is 0 Å². The molecule has 26 heavy (non-hydrogen) atoms. The summed E-state index contributed by atoms with van der Waals surface area (Å²) in [6.07, 6.45) is 1.77. The predicted molar refractivity (Wildman–Crippen MR) is 102 cm³/mol. The van der Waals surface area contributed by atoms with Crippen LogP contribution in [0.3, 0.4) is 0 Å². The second kappa shape index (κ2) is 7.33. The van der Waals surface area contributed by atoms with E-state index in [1.165, 1.54) is 5.41 Å². The summed E-state index contributed by atoms with van der Waals surface area (Å²) >= 11 is 0. The highest BCUT2D eigenvalue weighted by Crippen LogP contribution is 2.24. The van der Waals surface area contributed by atoms with Crippen molar-refractivity contribution in [2.24, 2.45) is 0 Å². The normalized spacial score (nSPS) is 17.8. The molecule has 0 fully saturated rings. The molecule has 0 N–H and O–H groups in total. The van der Waals surface area contributed by atoms with Gasteiger partial charge in [-0.3, -0.25) is 4.79 Å². The minimum absolute atomic E-state index is 0.0881. The van der Waals surface area contributed by atoms with Crippen molar-refractivity contribution in [3.63, 3.8) is 0 Å². The van der Waals surface area contributed by atoms with E-state index in [9.17, 15) is 13.2 Å². The van der Waals surface area contributed by atoms with Gasteiger partial charge in [-0.15, -0.1) is 0 Å². The molecule has 1 amide bonds. The van der Waals surface area contributed by atoms with Crippen LogP contribution in [0.15, 0.2) is 60.0 Å². The van der Waals surface area contributed by atoms with Crippen LogP contribution in [0.1, 0.15) is 11.1 Å². The molecule has 2 aromatic rings. The maximum Gasteiger partial charge on any atom is 0.231 e. The van der Waals surface area contributed by atoms with E-state index in [1.807, 2.05) is 43.3 Å². The fourth-order valence-electron chi connectivity index (χ4n) is 2.95. The number of carbonyl (C=O) groups excluding carboxylic acids is 1. The highest BCUT2D eigenvalue weighted by Gasteiger charge is 2.31. The molecule has 0 aliphatic carbocycles. The van der Waals surface area contributed by atoms with Crippen molar-refractivity contribution in [3.05, 3.63) is 71.1 Å². The van der Waals surface area contributed by atoms with Gasteiger partial charge in [-0.05, 0) is 42.8 Å². The molecule has 0 saturated heterocycles. The Bertz CT molecular complexity index is 915. The zero-order valence-electron chi connectivity index (χ0n) is 14.8. The Balaban J connectivity index is 1.88. The third kappa shape index (κ3) is 4.14. The van der Waals surface area contributed by atoms with Crippen LogP contribution in [0.5, 0.6) is 5.75 Å². The number of anilines is 1. The molecule has 0 aromatic heterocycles. The zero-order valence-corrected chi connectivity index (χ0v) is 15.6. The van der Waals surface area contributed by atoms with Crippen molar-refractivity contribution in [1.82, 2.24) is 0 Å². The first kappa shape index (κ1) is 18.2. The number of aryl methyl sites for hydroxylation is 1. The smallest absolute Gasteiger partial charge is 0.231 e. The van der Waals surface area contributed by atoms with Crippen LogP contribution in [0.2, 0.25) is 0 Å². The summed E-state index contributed by atoms with van der Waals surface area (Å²) in [5, 5.41) is 1.19. The summed E-state index contributed by atoms with van der Waals surface area (Å²) in [7, 11) is -1.67. The summed E-state index contributed by atoms with van der Waals surface area (Å²) in [5.41, 5.74) is 2.62. The molecular weight excluding hydrogens is 350 g/mol. The topological polar surface area (TPSA) is 63.7 Å². The number of hydrogen-bond acceptors (Lipinski definition) is 4. The van der Waals surface area contributed by atoms with Gasteiger partial charge in [0.15, 0.2) is 9.84 Å². The average molecular weight is 371 g/mol. The monoisotopic (exact) mass is 371 g/mol. The van der Waals surface area contributed by atoms with E-state index >= 15 is 0 Å². The first-order chi connectivity index (χ1) is 12.4. The van der Waals surface area contributed by atoms with Crippen molar-refractivity contribution < 1.29 is 17.9 Å². The van der Waals surface area contributed by atoms with Crippen LogP contribution < -0.4 is 9.64 Å². The molecule has 0 unspecified atom stereocenters. The second-order valence-electron chi connectivity index (χ2n) is 6.35. The fourth-order valence-corrected chi connectivity index (χ4v) is 4.22. The molecule has 0 bridgehead atoms. The average Bonchev–Trinajstić information content (AvgIpc) is 2.97. The number of ether oxygens (including phenoxy) is 1. The number of carbonyl (C=O) groups is 1. The van der Waals surface area contributed by atoms with Crippen LogP contribution in [-0.4, -0.2) is 33.2 Å². The molecule has 1 atom stereocenters. The molecule has 136 valence electrons. The summed E-state index contributed by atoms with van der Waals surface area (Å²) in [6.45, 7) is 1.97. The van der Waals surface area contributed by atoms with Crippen LogP contribution >= 0.6 is 0 Å². The first-order valence-electron chi connectivity index (χ1n) is 8.30. The van der Waals surface area contributed by atoms with Gasteiger partial charge in [0.05, 0.1) is 25.3 Å². The minimum atomic E-state index is -3.26. The largest absolute Gasteiger partial charge is 0.497 e. The third-order valence-corrected chi connectivity index (χ3v) is 5.72. The summed E-state index contributed by atoms with van der Waals surface area (Å²) in [6, 6.07) is 14.3. The van der Waals surface area contributed by atoms with E-state index in [-0.39, 0.29) is 18.1 Å². The standard InChI is InChI=1S/C20H21NO4S/c1-15-3-7-17(8-4-15)21(18-11-12-26(23,24)14-18)20(22)13-16-5-9-19(25-2)10-6-16/h3-12,18H,13-14H2,1-2H3/t18-/m0/s1. The van der Waals surface area contributed by atoms with E-state index in [4.69, 9.17) is 4.74 Å². The van der Waals surface area contributed by atoms with Crippen molar-refractivity contribution in [2.75, 3.05) is 17.8 Å². The zero-order chi connectivity index (χ0) is 18.7. The van der Waals surface area contributed by atoms with Gasteiger partial charge in [-0.1, -0.05) is 29.8 Å². The lowest BCUT2D eigenvalue weighted by Crippen LogP contribution is -2.42. The summed E-state index contributed by atoms with van der Waals surface area (Å²) in [5.74, 6) is 0.488. The van der Waals surface area contributed by atoms with Gasteiger partial charge in [0.25, 0.3) is 0 Å². The van der Waals surface area contributed by atoms with Gasteiger partial charge in [0.2, 0.25) is 5.91 Å². The quantitative estimate of drug-likeness (QED) is 0.811. The van der Waals surface area contributed by atoms with Crippen molar-refractivity contribution in [2.45, 2.75) is 19.4 Å². The Kier molecular flexibility index (Phi) is 5.13. The number of hydrogen-bond donors (Lipinski definition) is 0. The molecule has 6 heteroatoms. The lowest BCUT2D eigenvalue weighted by atomic mass is 10.1. The Morgan fingerprint density at radius 2 is 1.77 bits per heavy atom. The van der Waals surface area contributed by atoms with Gasteiger partial charge in [0.1, 0.15) is 5.75 Å². The van der Waals surface area contributed by atoms with Gasteiger partial charge in [-0.2, -0.15) is 0 Å². The van der Waals surface area contributed by atoms with Crippen LogP contribution in [0.4, 0.5) is 5.69 Å². The number of amides is 1. The van der Waals surface area contributed by atoms with Crippen molar-refractivity contribution >= 4 is 21.4 Å². The Morgan fingerprint density at radius 3 is 2.31 bits per heavy atom. The molecule has 5 nitrogen and oxygen atoms in total. The van der Waals surface area contributed by atoms with E-state index < -0.39 is 15.9 Å². The molecule has 0 radical (unpaired) electrons. The number of rotatable bonds is 5. The van der Waals surface area contributed by atoms with Gasteiger partial charge >= 0.3 is 0 Å². The van der Waals surface area contributed by atoms with Crippen LogP contribution in [-0.2, 0) is 21.1 Å². The molecule has 1 heterocycles. The SMILES string of the molecule is COc1ccc(CC(=O)N(c2ccc(C)cc2)[C@H]2C=CS(=O)(=O)C2)cc1. The highest BCUT2D eigenvalue weighted by molar-refractivity contribution is 7.94. The van der Waals surface area contributed by atoms with E-state index in [0.717, 1.165) is 16.9 Å². The number of nitrogens with zero attached hydrogens (tertiary/aromatic N) is 1. The number of methoxy groups -OCH3 is 1. The lowest BCUT2D eigenvalue weighted by molar-refractivity contribution is -0.118. The molecule has 1 aliphatic rings. The summed E-state index contributed by atoms with van der Waals surface area (Å²) < 4.78 is 28.8. The molecule has 0 spiro atoms. The van der Waals surface area contributed by atoms with Crippen molar-refractivity contribution in [3.8, 4) is 5.75 Å².